The molecule has 0 unspecified atom stereocenters. The van der Waals surface area contributed by atoms with Crippen LogP contribution in [0.15, 0.2) is 48.5 Å². The molecule has 14 heavy (non-hydrogen) atoms. The first-order valence-corrected chi connectivity index (χ1v) is 4.70. The summed E-state index contributed by atoms with van der Waals surface area (Å²) >= 11 is 6.00. The molecule has 0 atom stereocenters. The lowest BCUT2D eigenvalue weighted by molar-refractivity contribution is 0.477. The molecule has 0 bridgehead atoms. The molecule has 2 aromatic rings. The molecular weight excluding hydrogens is 196 g/mol. The summed E-state index contributed by atoms with van der Waals surface area (Å²) in [5, 5.41) is 10.2. The normalized spacial score (nSPS) is 10.1. The molecule has 0 heterocycles. The number of rotatable bonds is 1. The molecule has 0 aliphatic heterocycles. The van der Waals surface area contributed by atoms with E-state index in [1.807, 2.05) is 30.3 Å². The van der Waals surface area contributed by atoms with Crippen LogP contribution in [0, 0.1) is 0 Å². The standard InChI is InChI=1S/C12H9ClO/c13-10-7-4-8-11(14)12(10)9-5-2-1-3-6-9/h1-8,14H. The van der Waals surface area contributed by atoms with Crippen molar-refractivity contribution in [1.82, 2.24) is 0 Å². The van der Waals surface area contributed by atoms with E-state index in [1.165, 1.54) is 0 Å². The van der Waals surface area contributed by atoms with E-state index < -0.39 is 0 Å². The Hall–Kier alpha value is -1.47. The Morgan fingerprint density at radius 3 is 2.21 bits per heavy atom. The minimum absolute atomic E-state index is 0.212. The first-order valence-electron chi connectivity index (χ1n) is 4.32. The topological polar surface area (TPSA) is 20.2 Å². The quantitative estimate of drug-likeness (QED) is 0.751. The van der Waals surface area contributed by atoms with E-state index in [2.05, 4.69) is 0 Å². The van der Waals surface area contributed by atoms with Gasteiger partial charge in [-0.05, 0) is 17.7 Å². The Labute approximate surface area is 87.6 Å². The second-order valence-corrected chi connectivity index (χ2v) is 3.41. The number of halogens is 1. The molecule has 2 rings (SSSR count). The number of hydrogen-bond acceptors (Lipinski definition) is 1. The van der Waals surface area contributed by atoms with Crippen molar-refractivity contribution < 1.29 is 5.11 Å². The van der Waals surface area contributed by atoms with Crippen molar-refractivity contribution in [2.45, 2.75) is 0 Å². The van der Waals surface area contributed by atoms with Gasteiger partial charge < -0.3 is 5.11 Å². The molecule has 2 aromatic carbocycles. The van der Waals surface area contributed by atoms with Crippen LogP contribution in [0.25, 0.3) is 11.1 Å². The van der Waals surface area contributed by atoms with Crippen molar-refractivity contribution in [1.29, 1.82) is 0 Å². The number of phenolic OH excluding ortho intramolecular Hbond substituents is 1. The molecule has 0 aliphatic rings. The highest BCUT2D eigenvalue weighted by atomic mass is 35.5. The third-order valence-corrected chi connectivity index (χ3v) is 2.37. The van der Waals surface area contributed by atoms with Crippen molar-refractivity contribution >= 4 is 11.6 Å². The molecule has 0 fully saturated rings. The van der Waals surface area contributed by atoms with Crippen molar-refractivity contribution in [3.05, 3.63) is 53.6 Å². The Morgan fingerprint density at radius 2 is 1.57 bits per heavy atom. The van der Waals surface area contributed by atoms with Crippen LogP contribution in [-0.4, -0.2) is 5.11 Å². The molecule has 0 radical (unpaired) electrons. The van der Waals surface area contributed by atoms with Gasteiger partial charge >= 0.3 is 0 Å². The van der Waals surface area contributed by atoms with Crippen molar-refractivity contribution in [2.24, 2.45) is 0 Å². The predicted molar refractivity (Wildman–Crippen MR) is 58.6 cm³/mol. The minimum atomic E-state index is 0.212. The summed E-state index contributed by atoms with van der Waals surface area (Å²) in [5.41, 5.74) is 1.62. The summed E-state index contributed by atoms with van der Waals surface area (Å²) in [4.78, 5) is 0. The van der Waals surface area contributed by atoms with Gasteiger partial charge in [-0.3, -0.25) is 0 Å². The summed E-state index contributed by atoms with van der Waals surface area (Å²) in [6.07, 6.45) is 0. The van der Waals surface area contributed by atoms with E-state index in [4.69, 9.17) is 11.6 Å². The number of benzene rings is 2. The molecule has 0 spiro atoms. The lowest BCUT2D eigenvalue weighted by atomic mass is 10.1. The molecule has 0 amide bonds. The van der Waals surface area contributed by atoms with Gasteiger partial charge in [0.15, 0.2) is 0 Å². The second-order valence-electron chi connectivity index (χ2n) is 3.00. The van der Waals surface area contributed by atoms with E-state index in [0.717, 1.165) is 5.56 Å². The highest BCUT2D eigenvalue weighted by Gasteiger charge is 2.07. The predicted octanol–water partition coefficient (Wildman–Crippen LogP) is 3.71. The van der Waals surface area contributed by atoms with Gasteiger partial charge in [0, 0.05) is 5.56 Å². The molecule has 0 saturated heterocycles. The fraction of sp³-hybridized carbons (Fsp3) is 0. The maximum absolute atomic E-state index is 9.66. The largest absolute Gasteiger partial charge is 0.507 e. The van der Waals surface area contributed by atoms with E-state index >= 15 is 0 Å². The highest BCUT2D eigenvalue weighted by Crippen LogP contribution is 2.35. The molecule has 1 N–H and O–H groups in total. The van der Waals surface area contributed by atoms with Gasteiger partial charge in [0.05, 0.1) is 5.02 Å². The molecule has 0 aliphatic carbocycles. The van der Waals surface area contributed by atoms with Crippen LogP contribution in [0.3, 0.4) is 0 Å². The van der Waals surface area contributed by atoms with Gasteiger partial charge in [0.2, 0.25) is 0 Å². The third kappa shape index (κ3) is 1.59. The lowest BCUT2D eigenvalue weighted by Crippen LogP contribution is -1.79. The van der Waals surface area contributed by atoms with Crippen LogP contribution in [0.5, 0.6) is 5.75 Å². The van der Waals surface area contributed by atoms with Crippen LogP contribution in [0.4, 0.5) is 0 Å². The molecule has 70 valence electrons. The van der Waals surface area contributed by atoms with Crippen LogP contribution in [-0.2, 0) is 0 Å². The monoisotopic (exact) mass is 204 g/mol. The molecule has 1 nitrogen and oxygen atoms in total. The highest BCUT2D eigenvalue weighted by molar-refractivity contribution is 6.33. The van der Waals surface area contributed by atoms with E-state index in [0.29, 0.717) is 10.6 Å². The van der Waals surface area contributed by atoms with Gasteiger partial charge in [-0.2, -0.15) is 0 Å². The maximum atomic E-state index is 9.66. The first kappa shape index (κ1) is 9.10. The van der Waals surface area contributed by atoms with Crippen molar-refractivity contribution in [3.63, 3.8) is 0 Å². The van der Waals surface area contributed by atoms with Crippen molar-refractivity contribution in [3.8, 4) is 16.9 Å². The zero-order chi connectivity index (χ0) is 9.97. The van der Waals surface area contributed by atoms with Crippen LogP contribution in [0.1, 0.15) is 0 Å². The van der Waals surface area contributed by atoms with Gasteiger partial charge in [-0.15, -0.1) is 0 Å². The maximum Gasteiger partial charge on any atom is 0.124 e. The fourth-order valence-electron chi connectivity index (χ4n) is 1.40. The van der Waals surface area contributed by atoms with Gasteiger partial charge in [0.1, 0.15) is 5.75 Å². The Bertz CT molecular complexity index is 417. The Balaban J connectivity index is 2.63. The van der Waals surface area contributed by atoms with E-state index in [9.17, 15) is 5.11 Å². The summed E-state index contributed by atoms with van der Waals surface area (Å²) in [7, 11) is 0. The number of aromatic hydroxyl groups is 1. The fourth-order valence-corrected chi connectivity index (χ4v) is 1.68. The van der Waals surface area contributed by atoms with Crippen LogP contribution in [0.2, 0.25) is 5.02 Å². The lowest BCUT2D eigenvalue weighted by Gasteiger charge is -2.06. The summed E-state index contributed by atoms with van der Waals surface area (Å²) in [6, 6.07) is 14.7. The molecule has 2 heteroatoms. The molecule has 0 saturated carbocycles. The van der Waals surface area contributed by atoms with Gasteiger partial charge in [0.25, 0.3) is 0 Å². The van der Waals surface area contributed by atoms with Crippen LogP contribution >= 0.6 is 11.6 Å². The average molecular weight is 205 g/mol. The summed E-state index contributed by atoms with van der Waals surface area (Å²) in [6.45, 7) is 0. The SMILES string of the molecule is Oc1cccc(Cl)c1-c1ccccc1. The zero-order valence-electron chi connectivity index (χ0n) is 7.44. The van der Waals surface area contributed by atoms with Crippen LogP contribution < -0.4 is 0 Å². The Kier molecular flexibility index (Phi) is 2.42. The van der Waals surface area contributed by atoms with Gasteiger partial charge in [-0.1, -0.05) is 48.0 Å². The first-order chi connectivity index (χ1) is 6.79. The Morgan fingerprint density at radius 1 is 0.857 bits per heavy atom. The second kappa shape index (κ2) is 3.72. The van der Waals surface area contributed by atoms with Crippen molar-refractivity contribution in [2.75, 3.05) is 0 Å². The minimum Gasteiger partial charge on any atom is -0.507 e. The van der Waals surface area contributed by atoms with Gasteiger partial charge in [-0.25, -0.2) is 0 Å². The molecular formula is C12H9ClO. The number of phenols is 1. The number of hydrogen-bond donors (Lipinski definition) is 1. The third-order valence-electron chi connectivity index (χ3n) is 2.05. The van der Waals surface area contributed by atoms with E-state index in [1.54, 1.807) is 18.2 Å². The average Bonchev–Trinajstić information content (AvgIpc) is 2.19. The summed E-state index contributed by atoms with van der Waals surface area (Å²) < 4.78 is 0. The van der Waals surface area contributed by atoms with E-state index in [-0.39, 0.29) is 5.75 Å². The smallest absolute Gasteiger partial charge is 0.124 e. The summed E-state index contributed by atoms with van der Waals surface area (Å²) in [5.74, 6) is 0.212. The molecule has 0 aromatic heterocycles. The zero-order valence-corrected chi connectivity index (χ0v) is 8.20.